The number of benzene rings is 2. The van der Waals surface area contributed by atoms with Crippen LogP contribution < -0.4 is 4.74 Å². The summed E-state index contributed by atoms with van der Waals surface area (Å²) in [6, 6.07) is 15.8. The van der Waals surface area contributed by atoms with Crippen LogP contribution in [0.25, 0.3) is 0 Å². The zero-order valence-electron chi connectivity index (χ0n) is 11.7. The molecule has 1 heterocycles. The van der Waals surface area contributed by atoms with E-state index < -0.39 is 4.92 Å². The summed E-state index contributed by atoms with van der Waals surface area (Å²) in [6.07, 6.45) is 0.530. The van der Waals surface area contributed by atoms with E-state index in [4.69, 9.17) is 9.57 Å². The van der Waals surface area contributed by atoms with Crippen LogP contribution in [-0.2, 0) is 4.84 Å². The molecule has 1 atom stereocenters. The van der Waals surface area contributed by atoms with Crippen molar-refractivity contribution >= 4 is 11.4 Å². The molecule has 1 aliphatic rings. The van der Waals surface area contributed by atoms with Gasteiger partial charge in [-0.2, -0.15) is 0 Å². The fourth-order valence-electron chi connectivity index (χ4n) is 2.17. The smallest absolute Gasteiger partial charge is 0.269 e. The fourth-order valence-corrected chi connectivity index (χ4v) is 2.17. The van der Waals surface area contributed by atoms with Crippen molar-refractivity contribution in [1.29, 1.82) is 0 Å². The average molecular weight is 298 g/mol. The van der Waals surface area contributed by atoms with Gasteiger partial charge in [-0.1, -0.05) is 35.5 Å². The van der Waals surface area contributed by atoms with Gasteiger partial charge in [-0.25, -0.2) is 0 Å². The lowest BCUT2D eigenvalue weighted by molar-refractivity contribution is -0.384. The van der Waals surface area contributed by atoms with E-state index in [0.29, 0.717) is 18.8 Å². The van der Waals surface area contributed by atoms with Crippen molar-refractivity contribution in [3.8, 4) is 5.75 Å². The molecule has 112 valence electrons. The molecule has 3 rings (SSSR count). The van der Waals surface area contributed by atoms with E-state index in [1.807, 2.05) is 30.3 Å². The SMILES string of the molecule is O=[N+]([O-])c1ccc(OC[C@H]2CC(c3ccccc3)=NO2)cc1. The molecule has 0 fully saturated rings. The summed E-state index contributed by atoms with van der Waals surface area (Å²) in [5.74, 6) is 0.572. The van der Waals surface area contributed by atoms with Gasteiger partial charge in [0.05, 0.1) is 10.6 Å². The maximum atomic E-state index is 10.6. The molecular formula is C16H14N2O4. The third kappa shape index (κ3) is 3.22. The molecule has 1 aliphatic heterocycles. The van der Waals surface area contributed by atoms with E-state index in [1.165, 1.54) is 12.1 Å². The molecule has 0 aliphatic carbocycles. The van der Waals surface area contributed by atoms with E-state index in [9.17, 15) is 10.1 Å². The molecule has 0 saturated heterocycles. The molecule has 0 spiro atoms. The molecule has 0 saturated carbocycles. The second kappa shape index (κ2) is 6.26. The minimum atomic E-state index is -0.441. The van der Waals surface area contributed by atoms with Gasteiger partial charge in [-0.05, 0) is 17.7 Å². The van der Waals surface area contributed by atoms with Crippen LogP contribution in [-0.4, -0.2) is 23.3 Å². The molecule has 2 aromatic rings. The standard InChI is InChI=1S/C16H14N2O4/c19-18(20)13-6-8-14(9-7-13)21-11-15-10-16(17-22-15)12-4-2-1-3-5-12/h1-9,15H,10-11H2/t15-/m1/s1. The van der Waals surface area contributed by atoms with Crippen LogP contribution in [0.2, 0.25) is 0 Å². The Labute approximate surface area is 127 Å². The number of hydrogen-bond acceptors (Lipinski definition) is 5. The van der Waals surface area contributed by atoms with Crippen LogP contribution in [0.3, 0.4) is 0 Å². The van der Waals surface area contributed by atoms with Crippen LogP contribution in [0.5, 0.6) is 5.75 Å². The Bertz CT molecular complexity index is 683. The molecule has 6 nitrogen and oxygen atoms in total. The number of nitrogens with zero attached hydrogens (tertiary/aromatic N) is 2. The summed E-state index contributed by atoms with van der Waals surface area (Å²) in [6.45, 7) is 0.345. The van der Waals surface area contributed by atoms with Crippen molar-refractivity contribution in [3.63, 3.8) is 0 Å². The summed E-state index contributed by atoms with van der Waals surface area (Å²) in [5, 5.41) is 14.7. The minimum absolute atomic E-state index is 0.0409. The first kappa shape index (κ1) is 14.1. The van der Waals surface area contributed by atoms with Crippen LogP contribution in [0, 0.1) is 10.1 Å². The van der Waals surface area contributed by atoms with Crippen LogP contribution in [0.1, 0.15) is 12.0 Å². The Morgan fingerprint density at radius 1 is 1.18 bits per heavy atom. The number of non-ortho nitro benzene ring substituents is 1. The fraction of sp³-hybridized carbons (Fsp3) is 0.188. The predicted octanol–water partition coefficient (Wildman–Crippen LogP) is 3.17. The Hall–Kier alpha value is -2.89. The van der Waals surface area contributed by atoms with Gasteiger partial charge in [0.15, 0.2) is 6.10 Å². The van der Waals surface area contributed by atoms with Crippen LogP contribution in [0.15, 0.2) is 59.8 Å². The van der Waals surface area contributed by atoms with Crippen LogP contribution in [0.4, 0.5) is 5.69 Å². The number of nitro benzene ring substituents is 1. The Balaban J connectivity index is 1.52. The van der Waals surface area contributed by atoms with Gasteiger partial charge < -0.3 is 9.57 Å². The molecule has 6 heteroatoms. The Morgan fingerprint density at radius 2 is 1.91 bits per heavy atom. The van der Waals surface area contributed by atoms with E-state index in [-0.39, 0.29) is 11.8 Å². The van der Waals surface area contributed by atoms with Crippen molar-refractivity contribution in [2.75, 3.05) is 6.61 Å². The van der Waals surface area contributed by atoms with E-state index in [2.05, 4.69) is 5.16 Å². The van der Waals surface area contributed by atoms with Gasteiger partial charge in [0, 0.05) is 18.6 Å². The molecule has 0 N–H and O–H groups in total. The zero-order valence-corrected chi connectivity index (χ0v) is 11.7. The monoisotopic (exact) mass is 298 g/mol. The van der Waals surface area contributed by atoms with Crippen molar-refractivity contribution in [1.82, 2.24) is 0 Å². The molecule has 22 heavy (non-hydrogen) atoms. The lowest BCUT2D eigenvalue weighted by atomic mass is 10.1. The average Bonchev–Trinajstić information content (AvgIpc) is 3.03. The third-order valence-electron chi connectivity index (χ3n) is 3.32. The summed E-state index contributed by atoms with van der Waals surface area (Å²) in [5.41, 5.74) is 1.98. The molecule has 0 unspecified atom stereocenters. The number of rotatable bonds is 5. The number of hydrogen-bond donors (Lipinski definition) is 0. The van der Waals surface area contributed by atoms with Crippen LogP contribution >= 0.6 is 0 Å². The molecule has 0 bridgehead atoms. The zero-order chi connectivity index (χ0) is 15.4. The van der Waals surface area contributed by atoms with Gasteiger partial charge >= 0.3 is 0 Å². The molecule has 2 aromatic carbocycles. The number of nitro groups is 1. The second-order valence-corrected chi connectivity index (χ2v) is 4.90. The van der Waals surface area contributed by atoms with E-state index in [1.54, 1.807) is 12.1 Å². The largest absolute Gasteiger partial charge is 0.490 e. The molecule has 0 amide bonds. The lowest BCUT2D eigenvalue weighted by Crippen LogP contribution is -2.18. The van der Waals surface area contributed by atoms with Gasteiger partial charge in [-0.3, -0.25) is 10.1 Å². The third-order valence-corrected chi connectivity index (χ3v) is 3.32. The van der Waals surface area contributed by atoms with Crippen molar-refractivity contribution < 1.29 is 14.5 Å². The topological polar surface area (TPSA) is 74.0 Å². The highest BCUT2D eigenvalue weighted by molar-refractivity contribution is 6.01. The predicted molar refractivity (Wildman–Crippen MR) is 81.1 cm³/mol. The summed E-state index contributed by atoms with van der Waals surface area (Å²) in [7, 11) is 0. The van der Waals surface area contributed by atoms with Gasteiger partial charge in [-0.15, -0.1) is 0 Å². The first-order chi connectivity index (χ1) is 10.7. The normalized spacial score (nSPS) is 16.7. The lowest BCUT2D eigenvalue weighted by Gasteiger charge is -2.10. The molecule has 0 radical (unpaired) electrons. The highest BCUT2D eigenvalue weighted by atomic mass is 16.7. The highest BCUT2D eigenvalue weighted by Crippen LogP contribution is 2.20. The summed E-state index contributed by atoms with van der Waals surface area (Å²) >= 11 is 0. The Morgan fingerprint density at radius 3 is 2.59 bits per heavy atom. The summed E-state index contributed by atoms with van der Waals surface area (Å²) in [4.78, 5) is 15.5. The molecule has 0 aromatic heterocycles. The number of ether oxygens (including phenoxy) is 1. The maximum Gasteiger partial charge on any atom is 0.269 e. The second-order valence-electron chi connectivity index (χ2n) is 4.90. The molecular weight excluding hydrogens is 284 g/mol. The Kier molecular flexibility index (Phi) is 4.00. The van der Waals surface area contributed by atoms with Crippen molar-refractivity contribution in [2.45, 2.75) is 12.5 Å². The van der Waals surface area contributed by atoms with Crippen molar-refractivity contribution in [2.24, 2.45) is 5.16 Å². The first-order valence-electron chi connectivity index (χ1n) is 6.88. The van der Waals surface area contributed by atoms with Gasteiger partial charge in [0.2, 0.25) is 0 Å². The van der Waals surface area contributed by atoms with Gasteiger partial charge in [0.25, 0.3) is 5.69 Å². The summed E-state index contributed by atoms with van der Waals surface area (Å²) < 4.78 is 5.59. The quantitative estimate of drug-likeness (QED) is 0.627. The minimum Gasteiger partial charge on any atom is -0.490 e. The van der Waals surface area contributed by atoms with Gasteiger partial charge in [0.1, 0.15) is 12.4 Å². The first-order valence-corrected chi connectivity index (χ1v) is 6.88. The van der Waals surface area contributed by atoms with E-state index >= 15 is 0 Å². The maximum absolute atomic E-state index is 10.6. The highest BCUT2D eigenvalue weighted by Gasteiger charge is 2.22. The van der Waals surface area contributed by atoms with E-state index in [0.717, 1.165) is 11.3 Å². The number of oxime groups is 1. The van der Waals surface area contributed by atoms with Crippen molar-refractivity contribution in [3.05, 3.63) is 70.3 Å².